The maximum atomic E-state index is 11.4. The van der Waals surface area contributed by atoms with Crippen LogP contribution in [-0.2, 0) is 11.3 Å². The fraction of sp³-hybridized carbons (Fsp3) is 0.562. The Hall–Kier alpha value is -0.970. The molecule has 1 saturated heterocycles. The van der Waals surface area contributed by atoms with Crippen LogP contribution in [0, 0.1) is 5.92 Å². The topological polar surface area (TPSA) is 41.6 Å². The fourth-order valence-electron chi connectivity index (χ4n) is 2.95. The lowest BCUT2D eigenvalue weighted by Gasteiger charge is -2.37. The molecule has 0 saturated carbocycles. The van der Waals surface area contributed by atoms with Crippen LogP contribution < -0.4 is 10.1 Å². The second kappa shape index (κ2) is 7.53. The van der Waals surface area contributed by atoms with Gasteiger partial charge in [-0.3, -0.25) is 4.79 Å². The number of methoxy groups -OCH3 is 1. The van der Waals surface area contributed by atoms with E-state index in [0.717, 1.165) is 25.1 Å². The van der Waals surface area contributed by atoms with Gasteiger partial charge in [0.25, 0.3) is 0 Å². The summed E-state index contributed by atoms with van der Waals surface area (Å²) in [5.41, 5.74) is 0.946. The summed E-state index contributed by atoms with van der Waals surface area (Å²) in [5.74, 6) is 1.21. The van der Waals surface area contributed by atoms with Gasteiger partial charge in [0.05, 0.1) is 12.1 Å². The lowest BCUT2D eigenvalue weighted by molar-refractivity contribution is -0.130. The minimum Gasteiger partial charge on any atom is -0.495 e. The first kappa shape index (κ1) is 17.4. The molecule has 1 heterocycles. The molecule has 2 atom stereocenters. The van der Waals surface area contributed by atoms with Crippen molar-refractivity contribution in [3.63, 3.8) is 0 Å². The van der Waals surface area contributed by atoms with Crippen LogP contribution in [0.5, 0.6) is 5.75 Å². The van der Waals surface area contributed by atoms with E-state index in [1.807, 2.05) is 11.0 Å². The number of nitrogens with zero attached hydrogens (tertiary/aromatic N) is 1. The Labute approximate surface area is 141 Å². The summed E-state index contributed by atoms with van der Waals surface area (Å²) in [6, 6.07) is 3.91. The van der Waals surface area contributed by atoms with Crippen molar-refractivity contribution in [2.75, 3.05) is 20.2 Å². The van der Waals surface area contributed by atoms with Crippen molar-refractivity contribution in [3.05, 3.63) is 27.7 Å². The molecule has 1 N–H and O–H groups in total. The number of carbonyl (C=O) groups is 1. The van der Waals surface area contributed by atoms with Gasteiger partial charge in [0, 0.05) is 43.2 Å². The number of nitrogens with one attached hydrogen (secondary N) is 1. The Balaban J connectivity index is 2.00. The van der Waals surface area contributed by atoms with E-state index in [-0.39, 0.29) is 5.91 Å². The maximum Gasteiger partial charge on any atom is 0.219 e. The van der Waals surface area contributed by atoms with E-state index < -0.39 is 0 Å². The first-order valence-corrected chi connectivity index (χ1v) is 8.18. The van der Waals surface area contributed by atoms with Crippen molar-refractivity contribution >= 4 is 29.1 Å². The van der Waals surface area contributed by atoms with Gasteiger partial charge >= 0.3 is 0 Å². The molecule has 22 heavy (non-hydrogen) atoms. The van der Waals surface area contributed by atoms with Crippen LogP contribution in [0.2, 0.25) is 10.0 Å². The summed E-state index contributed by atoms with van der Waals surface area (Å²) < 4.78 is 5.36. The number of carbonyl (C=O) groups excluding carboxylic acids is 1. The highest BCUT2D eigenvalue weighted by molar-refractivity contribution is 6.35. The van der Waals surface area contributed by atoms with Crippen molar-refractivity contribution in [2.45, 2.75) is 32.9 Å². The van der Waals surface area contributed by atoms with Gasteiger partial charge in [0.1, 0.15) is 5.75 Å². The Morgan fingerprint density at radius 2 is 2.18 bits per heavy atom. The third kappa shape index (κ3) is 4.06. The van der Waals surface area contributed by atoms with Gasteiger partial charge in [-0.1, -0.05) is 30.1 Å². The van der Waals surface area contributed by atoms with Crippen molar-refractivity contribution in [3.8, 4) is 5.75 Å². The first-order chi connectivity index (χ1) is 10.4. The highest BCUT2D eigenvalue weighted by atomic mass is 35.5. The average molecular weight is 345 g/mol. The van der Waals surface area contributed by atoms with Gasteiger partial charge in [-0.15, -0.1) is 0 Å². The minimum atomic E-state index is 0.147. The highest BCUT2D eigenvalue weighted by Crippen LogP contribution is 2.32. The Morgan fingerprint density at radius 1 is 1.45 bits per heavy atom. The number of halogens is 2. The van der Waals surface area contributed by atoms with Crippen LogP contribution in [0.1, 0.15) is 25.8 Å². The molecule has 0 aliphatic carbocycles. The molecule has 1 aromatic carbocycles. The van der Waals surface area contributed by atoms with E-state index in [4.69, 9.17) is 27.9 Å². The molecular weight excluding hydrogens is 323 g/mol. The number of likely N-dealkylation sites (tertiary alicyclic amines) is 1. The summed E-state index contributed by atoms with van der Waals surface area (Å²) in [4.78, 5) is 13.4. The highest BCUT2D eigenvalue weighted by Gasteiger charge is 2.27. The molecule has 0 unspecified atom stereocenters. The van der Waals surface area contributed by atoms with Crippen molar-refractivity contribution in [1.29, 1.82) is 0 Å². The zero-order chi connectivity index (χ0) is 16.3. The van der Waals surface area contributed by atoms with Crippen LogP contribution in [0.4, 0.5) is 0 Å². The quantitative estimate of drug-likeness (QED) is 0.910. The lowest BCUT2D eigenvalue weighted by atomic mass is 9.93. The summed E-state index contributed by atoms with van der Waals surface area (Å²) in [7, 11) is 1.60. The van der Waals surface area contributed by atoms with Crippen molar-refractivity contribution < 1.29 is 9.53 Å². The minimum absolute atomic E-state index is 0.147. The van der Waals surface area contributed by atoms with Gasteiger partial charge in [-0.25, -0.2) is 0 Å². The summed E-state index contributed by atoms with van der Waals surface area (Å²) in [6.45, 7) is 6.01. The predicted octanol–water partition coefficient (Wildman–Crippen LogP) is 3.35. The molecule has 1 aromatic rings. The molecule has 1 aliphatic rings. The van der Waals surface area contributed by atoms with Gasteiger partial charge in [0.2, 0.25) is 5.91 Å². The molecule has 0 aromatic heterocycles. The molecule has 1 amide bonds. The van der Waals surface area contributed by atoms with Crippen LogP contribution >= 0.6 is 23.2 Å². The number of ether oxygens (including phenoxy) is 1. The first-order valence-electron chi connectivity index (χ1n) is 7.43. The number of hydrogen-bond donors (Lipinski definition) is 1. The molecular formula is C16H22Cl2N2O2. The number of piperidine rings is 1. The van der Waals surface area contributed by atoms with E-state index in [1.165, 1.54) is 0 Å². The molecule has 4 nitrogen and oxygen atoms in total. The Bertz CT molecular complexity index is 551. The SMILES string of the molecule is COc1c(Cl)cc(Cl)cc1CN[C@@H]1CCN(C(C)=O)C[C@@H]1C. The number of hydrogen-bond acceptors (Lipinski definition) is 3. The molecule has 1 aliphatic heterocycles. The molecule has 1 fully saturated rings. The molecule has 122 valence electrons. The second-order valence-electron chi connectivity index (χ2n) is 5.80. The summed E-state index contributed by atoms with van der Waals surface area (Å²) in [6.07, 6.45) is 0.942. The zero-order valence-electron chi connectivity index (χ0n) is 13.2. The van der Waals surface area contributed by atoms with E-state index in [1.54, 1.807) is 20.1 Å². The number of rotatable bonds is 4. The molecule has 2 rings (SSSR count). The second-order valence-corrected chi connectivity index (χ2v) is 6.64. The fourth-order valence-corrected chi connectivity index (χ4v) is 3.56. The van der Waals surface area contributed by atoms with Crippen LogP contribution in [-0.4, -0.2) is 37.0 Å². The summed E-state index contributed by atoms with van der Waals surface area (Å²) >= 11 is 12.2. The molecule has 6 heteroatoms. The maximum absolute atomic E-state index is 11.4. The number of benzene rings is 1. The normalized spacial score (nSPS) is 21.8. The van der Waals surface area contributed by atoms with Crippen LogP contribution in [0.3, 0.4) is 0 Å². The van der Waals surface area contributed by atoms with Crippen molar-refractivity contribution in [2.24, 2.45) is 5.92 Å². The van der Waals surface area contributed by atoms with Gasteiger partial charge in [-0.05, 0) is 24.5 Å². The Morgan fingerprint density at radius 3 is 2.77 bits per heavy atom. The third-order valence-electron chi connectivity index (χ3n) is 4.19. The molecule has 0 bridgehead atoms. The third-order valence-corrected chi connectivity index (χ3v) is 4.69. The van der Waals surface area contributed by atoms with Crippen LogP contribution in [0.15, 0.2) is 12.1 Å². The van der Waals surface area contributed by atoms with Gasteiger partial charge in [0.15, 0.2) is 0 Å². The monoisotopic (exact) mass is 344 g/mol. The van der Waals surface area contributed by atoms with E-state index in [0.29, 0.717) is 34.3 Å². The van der Waals surface area contributed by atoms with Gasteiger partial charge in [-0.2, -0.15) is 0 Å². The van der Waals surface area contributed by atoms with E-state index >= 15 is 0 Å². The average Bonchev–Trinajstić information content (AvgIpc) is 2.45. The van der Waals surface area contributed by atoms with E-state index in [2.05, 4.69) is 12.2 Å². The standard InChI is InChI=1S/C16H22Cl2N2O2/c1-10-9-20(11(2)21)5-4-15(10)19-8-12-6-13(17)7-14(18)16(12)22-3/h6-7,10,15,19H,4-5,8-9H2,1-3H3/t10-,15+/m0/s1. The molecule has 0 radical (unpaired) electrons. The zero-order valence-corrected chi connectivity index (χ0v) is 14.7. The number of amides is 1. The van der Waals surface area contributed by atoms with Gasteiger partial charge < -0.3 is 15.0 Å². The predicted molar refractivity (Wildman–Crippen MR) is 89.7 cm³/mol. The van der Waals surface area contributed by atoms with Crippen molar-refractivity contribution in [1.82, 2.24) is 10.2 Å². The molecule has 0 spiro atoms. The van der Waals surface area contributed by atoms with E-state index in [9.17, 15) is 4.79 Å². The lowest BCUT2D eigenvalue weighted by Crippen LogP contribution is -2.49. The Kier molecular flexibility index (Phi) is 5.95. The smallest absolute Gasteiger partial charge is 0.219 e. The van der Waals surface area contributed by atoms with Crippen LogP contribution in [0.25, 0.3) is 0 Å². The largest absolute Gasteiger partial charge is 0.495 e. The summed E-state index contributed by atoms with van der Waals surface area (Å²) in [5, 5.41) is 4.66.